The number of hydrogen-bond donors (Lipinski definition) is 2. The standard InChI is InChI=1S/C30H38N4O3/c1-29(2,31)27(36)32-25(17-10-14-22-12-6-4-7-13-22)26(35)34-19-11-18-30(21-34)24(20-33(3)28(30)37)23-15-8-5-9-16-23/h4-10,12-16,24-25H,11,17-21,31H2,1-3H3,(H,32,36). The normalized spacial score (nSPS) is 23.0. The van der Waals surface area contributed by atoms with Crippen LogP contribution in [0.4, 0.5) is 0 Å². The van der Waals surface area contributed by atoms with Crippen molar-refractivity contribution in [3.63, 3.8) is 0 Å². The second-order valence-corrected chi connectivity index (χ2v) is 11.0. The van der Waals surface area contributed by atoms with Crippen molar-refractivity contribution in [1.82, 2.24) is 15.1 Å². The smallest absolute Gasteiger partial charge is 0.245 e. The molecular weight excluding hydrogens is 464 g/mol. The van der Waals surface area contributed by atoms with Gasteiger partial charge in [-0.05, 0) is 44.2 Å². The van der Waals surface area contributed by atoms with Crippen molar-refractivity contribution in [1.29, 1.82) is 0 Å². The van der Waals surface area contributed by atoms with Gasteiger partial charge in [0.1, 0.15) is 6.04 Å². The molecule has 0 radical (unpaired) electrons. The molecule has 196 valence electrons. The highest BCUT2D eigenvalue weighted by Gasteiger charge is 2.55. The number of rotatable bonds is 7. The van der Waals surface area contributed by atoms with Gasteiger partial charge in [0.15, 0.2) is 0 Å². The first-order valence-electron chi connectivity index (χ1n) is 13.0. The first-order valence-corrected chi connectivity index (χ1v) is 13.0. The number of nitrogens with two attached hydrogens (primary N) is 1. The van der Waals surface area contributed by atoms with Crippen molar-refractivity contribution in [2.75, 3.05) is 26.7 Å². The Balaban J connectivity index is 1.58. The molecule has 2 aliphatic rings. The fourth-order valence-corrected chi connectivity index (χ4v) is 5.59. The van der Waals surface area contributed by atoms with Crippen LogP contribution in [0.25, 0.3) is 6.08 Å². The molecule has 7 heteroatoms. The van der Waals surface area contributed by atoms with Crippen molar-refractivity contribution in [3.8, 4) is 0 Å². The summed E-state index contributed by atoms with van der Waals surface area (Å²) >= 11 is 0. The molecule has 3 atom stereocenters. The number of hydrogen-bond acceptors (Lipinski definition) is 4. The van der Waals surface area contributed by atoms with E-state index in [1.165, 1.54) is 0 Å². The van der Waals surface area contributed by atoms with E-state index in [0.29, 0.717) is 26.1 Å². The second-order valence-electron chi connectivity index (χ2n) is 11.0. The number of nitrogens with zero attached hydrogens (tertiary/aromatic N) is 2. The Morgan fingerprint density at radius 1 is 1.14 bits per heavy atom. The molecule has 2 saturated heterocycles. The zero-order valence-corrected chi connectivity index (χ0v) is 22.0. The summed E-state index contributed by atoms with van der Waals surface area (Å²) in [6, 6.07) is 19.2. The molecule has 3 amide bonds. The van der Waals surface area contributed by atoms with Crippen LogP contribution in [-0.4, -0.2) is 65.8 Å². The summed E-state index contributed by atoms with van der Waals surface area (Å²) in [4.78, 5) is 43.8. The van der Waals surface area contributed by atoms with Gasteiger partial charge in [0.2, 0.25) is 17.7 Å². The molecular formula is C30H38N4O3. The number of nitrogens with one attached hydrogen (secondary N) is 1. The molecule has 2 heterocycles. The Bertz CT molecular complexity index is 1140. The van der Waals surface area contributed by atoms with Gasteiger partial charge in [-0.25, -0.2) is 0 Å². The number of piperidine rings is 1. The predicted molar refractivity (Wildman–Crippen MR) is 145 cm³/mol. The molecule has 0 aromatic heterocycles. The minimum Gasteiger partial charge on any atom is -0.345 e. The van der Waals surface area contributed by atoms with Crippen LogP contribution < -0.4 is 11.1 Å². The van der Waals surface area contributed by atoms with E-state index < -0.39 is 17.0 Å². The molecule has 2 aromatic rings. The maximum absolute atomic E-state index is 13.9. The van der Waals surface area contributed by atoms with E-state index in [4.69, 9.17) is 5.73 Å². The molecule has 3 N–H and O–H groups in total. The predicted octanol–water partition coefficient (Wildman–Crippen LogP) is 3.18. The highest BCUT2D eigenvalue weighted by atomic mass is 16.2. The lowest BCUT2D eigenvalue weighted by molar-refractivity contribution is -0.145. The molecule has 2 aromatic carbocycles. The van der Waals surface area contributed by atoms with Crippen LogP contribution in [-0.2, 0) is 14.4 Å². The minimum atomic E-state index is -1.12. The summed E-state index contributed by atoms with van der Waals surface area (Å²) in [7, 11) is 1.84. The minimum absolute atomic E-state index is 0.00999. The molecule has 2 aliphatic heterocycles. The van der Waals surface area contributed by atoms with Crippen molar-refractivity contribution >= 4 is 23.8 Å². The van der Waals surface area contributed by atoms with Gasteiger partial charge in [-0.1, -0.05) is 72.8 Å². The van der Waals surface area contributed by atoms with E-state index in [2.05, 4.69) is 17.4 Å². The number of carbonyl (C=O) groups excluding carboxylic acids is 3. The Kier molecular flexibility index (Phi) is 7.83. The van der Waals surface area contributed by atoms with Crippen LogP contribution in [0.1, 0.15) is 50.2 Å². The zero-order valence-electron chi connectivity index (χ0n) is 22.0. The first-order chi connectivity index (χ1) is 17.6. The lowest BCUT2D eigenvalue weighted by Gasteiger charge is -2.43. The molecule has 1 spiro atoms. The van der Waals surface area contributed by atoms with Crippen LogP contribution in [0.2, 0.25) is 0 Å². The SMILES string of the molecule is CN1CC(c2ccccc2)C2(CCCN(C(=O)C(CC=Cc3ccccc3)NC(=O)C(C)(C)N)C2)C1=O. The molecule has 2 fully saturated rings. The van der Waals surface area contributed by atoms with E-state index in [1.807, 2.05) is 67.7 Å². The monoisotopic (exact) mass is 502 g/mol. The summed E-state index contributed by atoms with van der Waals surface area (Å²) in [6.45, 7) is 4.77. The van der Waals surface area contributed by atoms with Gasteiger partial charge in [-0.2, -0.15) is 0 Å². The van der Waals surface area contributed by atoms with Gasteiger partial charge >= 0.3 is 0 Å². The fourth-order valence-electron chi connectivity index (χ4n) is 5.59. The topological polar surface area (TPSA) is 95.7 Å². The van der Waals surface area contributed by atoms with E-state index in [1.54, 1.807) is 23.6 Å². The molecule has 0 aliphatic carbocycles. The highest BCUT2D eigenvalue weighted by molar-refractivity contribution is 5.93. The quantitative estimate of drug-likeness (QED) is 0.608. The van der Waals surface area contributed by atoms with E-state index >= 15 is 0 Å². The van der Waals surface area contributed by atoms with Crippen LogP contribution in [0.3, 0.4) is 0 Å². The summed E-state index contributed by atoms with van der Waals surface area (Å²) < 4.78 is 0. The van der Waals surface area contributed by atoms with Gasteiger partial charge in [-0.3, -0.25) is 14.4 Å². The van der Waals surface area contributed by atoms with Crippen LogP contribution in [0.5, 0.6) is 0 Å². The molecule has 0 saturated carbocycles. The summed E-state index contributed by atoms with van der Waals surface area (Å²) in [6.07, 6.45) is 5.65. The first kappa shape index (κ1) is 26.6. The van der Waals surface area contributed by atoms with Crippen LogP contribution >= 0.6 is 0 Å². The van der Waals surface area contributed by atoms with Gasteiger partial charge in [0.05, 0.1) is 11.0 Å². The van der Waals surface area contributed by atoms with Gasteiger partial charge in [0, 0.05) is 32.6 Å². The highest BCUT2D eigenvalue weighted by Crippen LogP contribution is 2.49. The summed E-state index contributed by atoms with van der Waals surface area (Å²) in [5.74, 6) is -0.463. The molecule has 4 rings (SSSR count). The van der Waals surface area contributed by atoms with Gasteiger partial charge in [-0.15, -0.1) is 0 Å². The number of likely N-dealkylation sites (tertiary alicyclic amines) is 2. The number of benzene rings is 2. The van der Waals surface area contributed by atoms with Crippen molar-refractivity contribution in [2.45, 2.75) is 50.6 Å². The third-order valence-corrected chi connectivity index (χ3v) is 7.60. The van der Waals surface area contributed by atoms with E-state index in [9.17, 15) is 14.4 Å². The largest absolute Gasteiger partial charge is 0.345 e. The molecule has 37 heavy (non-hydrogen) atoms. The maximum Gasteiger partial charge on any atom is 0.245 e. The van der Waals surface area contributed by atoms with E-state index in [0.717, 1.165) is 24.0 Å². The second kappa shape index (κ2) is 10.9. The zero-order chi connectivity index (χ0) is 26.6. The van der Waals surface area contributed by atoms with E-state index in [-0.39, 0.29) is 23.6 Å². The lowest BCUT2D eigenvalue weighted by atomic mass is 9.69. The van der Waals surface area contributed by atoms with Crippen LogP contribution in [0.15, 0.2) is 66.7 Å². The van der Waals surface area contributed by atoms with Gasteiger partial charge < -0.3 is 20.9 Å². The number of carbonyl (C=O) groups is 3. The Morgan fingerprint density at radius 2 is 1.78 bits per heavy atom. The average molecular weight is 503 g/mol. The number of amides is 3. The lowest BCUT2D eigenvalue weighted by Crippen LogP contribution is -2.59. The van der Waals surface area contributed by atoms with Crippen molar-refractivity contribution in [3.05, 3.63) is 77.9 Å². The molecule has 7 nitrogen and oxygen atoms in total. The number of likely N-dealkylation sites (N-methyl/N-ethyl adjacent to an activating group) is 1. The summed E-state index contributed by atoms with van der Waals surface area (Å²) in [5.41, 5.74) is 6.39. The Labute approximate surface area is 219 Å². The van der Waals surface area contributed by atoms with Crippen LogP contribution in [0, 0.1) is 5.41 Å². The molecule has 3 unspecified atom stereocenters. The Hall–Kier alpha value is -3.45. The average Bonchev–Trinajstić information content (AvgIpc) is 3.13. The van der Waals surface area contributed by atoms with Crippen molar-refractivity contribution < 1.29 is 14.4 Å². The molecule has 0 bridgehead atoms. The Morgan fingerprint density at radius 3 is 2.43 bits per heavy atom. The van der Waals surface area contributed by atoms with Crippen molar-refractivity contribution in [2.24, 2.45) is 11.1 Å². The third-order valence-electron chi connectivity index (χ3n) is 7.60. The summed E-state index contributed by atoms with van der Waals surface area (Å²) in [5, 5.41) is 2.88. The fraction of sp³-hybridized carbons (Fsp3) is 0.433. The third kappa shape index (κ3) is 5.77. The van der Waals surface area contributed by atoms with Gasteiger partial charge in [0.25, 0.3) is 0 Å². The maximum atomic E-state index is 13.9.